The fourth-order valence-electron chi connectivity index (χ4n) is 3.08. The first-order valence-corrected chi connectivity index (χ1v) is 9.21. The van der Waals surface area contributed by atoms with Gasteiger partial charge in [0.1, 0.15) is 5.39 Å². The number of rotatable bonds is 7. The lowest BCUT2D eigenvalue weighted by atomic mass is 10.1. The lowest BCUT2D eigenvalue weighted by molar-refractivity contribution is -0.134. The number of fused-ring (bicyclic) bond motifs is 1. The van der Waals surface area contributed by atoms with Crippen molar-refractivity contribution < 1.29 is 4.79 Å². The highest BCUT2D eigenvalue weighted by Gasteiger charge is 2.19. The molecule has 0 saturated heterocycles. The first-order chi connectivity index (χ1) is 13.0. The predicted molar refractivity (Wildman–Crippen MR) is 104 cm³/mol. The summed E-state index contributed by atoms with van der Waals surface area (Å²) in [6.07, 6.45) is 4.14. The fourth-order valence-corrected chi connectivity index (χ4v) is 3.08. The number of carbonyl (C=O) groups excluding carboxylic acids is 1. The van der Waals surface area contributed by atoms with Crippen molar-refractivity contribution in [2.75, 3.05) is 0 Å². The summed E-state index contributed by atoms with van der Waals surface area (Å²) in [5, 5.41) is 4.54. The van der Waals surface area contributed by atoms with Crippen molar-refractivity contribution in [1.82, 2.24) is 24.2 Å². The summed E-state index contributed by atoms with van der Waals surface area (Å²) in [5.41, 5.74) is 1.48. The number of benzene rings is 1. The minimum atomic E-state index is -0.168. The maximum atomic E-state index is 12.9. The van der Waals surface area contributed by atoms with Crippen LogP contribution in [0.3, 0.4) is 0 Å². The van der Waals surface area contributed by atoms with Crippen molar-refractivity contribution in [3.05, 3.63) is 58.8 Å². The molecule has 2 aromatic heterocycles. The van der Waals surface area contributed by atoms with E-state index < -0.39 is 0 Å². The Morgan fingerprint density at radius 1 is 1.26 bits per heavy atom. The van der Waals surface area contributed by atoms with Gasteiger partial charge in [-0.15, -0.1) is 0 Å². The Balaban J connectivity index is 1.74. The van der Waals surface area contributed by atoms with Gasteiger partial charge in [0.2, 0.25) is 5.91 Å². The van der Waals surface area contributed by atoms with Crippen LogP contribution in [0.25, 0.3) is 11.0 Å². The summed E-state index contributed by atoms with van der Waals surface area (Å²) >= 11 is 0. The van der Waals surface area contributed by atoms with Gasteiger partial charge in [0, 0.05) is 32.6 Å². The fraction of sp³-hybridized carbons (Fsp3) is 0.400. The minimum Gasteiger partial charge on any atom is -0.336 e. The summed E-state index contributed by atoms with van der Waals surface area (Å²) in [7, 11) is 1.75. The van der Waals surface area contributed by atoms with E-state index in [-0.39, 0.29) is 23.9 Å². The highest BCUT2D eigenvalue weighted by molar-refractivity contribution is 5.76. The Morgan fingerprint density at radius 3 is 2.70 bits per heavy atom. The maximum Gasteiger partial charge on any atom is 0.264 e. The van der Waals surface area contributed by atoms with Crippen LogP contribution in [0.2, 0.25) is 0 Å². The summed E-state index contributed by atoms with van der Waals surface area (Å²) < 4.78 is 3.05. The minimum absolute atomic E-state index is 0.0337. The molecular formula is C20H25N5O2. The first-order valence-electron chi connectivity index (χ1n) is 9.21. The zero-order valence-corrected chi connectivity index (χ0v) is 16.0. The van der Waals surface area contributed by atoms with E-state index in [0.717, 1.165) is 12.0 Å². The van der Waals surface area contributed by atoms with Crippen LogP contribution >= 0.6 is 0 Å². The van der Waals surface area contributed by atoms with Crippen LogP contribution in [0.15, 0.2) is 47.7 Å². The molecule has 1 aromatic carbocycles. The van der Waals surface area contributed by atoms with Crippen molar-refractivity contribution in [3.63, 3.8) is 0 Å². The van der Waals surface area contributed by atoms with Crippen molar-refractivity contribution in [3.8, 4) is 0 Å². The van der Waals surface area contributed by atoms with Crippen LogP contribution in [0, 0.1) is 0 Å². The normalized spacial score (nSPS) is 12.3. The number of hydrogen-bond donors (Lipinski definition) is 0. The molecule has 0 spiro atoms. The molecule has 27 heavy (non-hydrogen) atoms. The van der Waals surface area contributed by atoms with Crippen molar-refractivity contribution in [2.24, 2.45) is 7.05 Å². The van der Waals surface area contributed by atoms with Gasteiger partial charge in [-0.1, -0.05) is 37.3 Å². The molecule has 2 heterocycles. The molecule has 0 bridgehead atoms. The van der Waals surface area contributed by atoms with Crippen LogP contribution in [-0.4, -0.2) is 36.2 Å². The van der Waals surface area contributed by atoms with Gasteiger partial charge in [-0.05, 0) is 18.9 Å². The number of amides is 1. The zero-order valence-electron chi connectivity index (χ0n) is 16.0. The van der Waals surface area contributed by atoms with E-state index in [9.17, 15) is 9.59 Å². The first kappa shape index (κ1) is 18.8. The van der Waals surface area contributed by atoms with E-state index in [0.29, 0.717) is 24.1 Å². The topological polar surface area (TPSA) is 73.0 Å². The van der Waals surface area contributed by atoms with Gasteiger partial charge in [0.25, 0.3) is 5.56 Å². The molecule has 3 aromatic rings. The van der Waals surface area contributed by atoms with E-state index in [4.69, 9.17) is 0 Å². The van der Waals surface area contributed by atoms with Crippen molar-refractivity contribution in [1.29, 1.82) is 0 Å². The quantitative estimate of drug-likeness (QED) is 0.642. The highest BCUT2D eigenvalue weighted by Crippen LogP contribution is 2.13. The third kappa shape index (κ3) is 4.07. The van der Waals surface area contributed by atoms with E-state index >= 15 is 0 Å². The molecule has 0 radical (unpaired) electrons. The molecule has 1 atom stereocenters. The van der Waals surface area contributed by atoms with E-state index in [1.54, 1.807) is 11.7 Å². The Hall–Kier alpha value is -2.96. The zero-order chi connectivity index (χ0) is 19.4. The Bertz CT molecular complexity index is 977. The molecular weight excluding hydrogens is 342 g/mol. The van der Waals surface area contributed by atoms with Gasteiger partial charge in [-0.3, -0.25) is 18.8 Å². The SMILES string of the molecule is CCC(C)N(Cc1ccccc1)C(=O)CCn1cnc2c(cnn2C)c1=O. The van der Waals surface area contributed by atoms with Crippen LogP contribution in [-0.2, 0) is 24.9 Å². The molecule has 7 heteroatoms. The van der Waals surface area contributed by atoms with E-state index in [1.165, 1.54) is 17.1 Å². The number of aromatic nitrogens is 4. The van der Waals surface area contributed by atoms with Gasteiger partial charge in [-0.25, -0.2) is 4.98 Å². The second-order valence-electron chi connectivity index (χ2n) is 6.76. The Morgan fingerprint density at radius 2 is 2.00 bits per heavy atom. The summed E-state index contributed by atoms with van der Waals surface area (Å²) in [6.45, 7) is 5.00. The number of nitrogens with zero attached hydrogens (tertiary/aromatic N) is 5. The van der Waals surface area contributed by atoms with Crippen LogP contribution in [0.5, 0.6) is 0 Å². The molecule has 0 aliphatic heterocycles. The van der Waals surface area contributed by atoms with Gasteiger partial charge < -0.3 is 4.90 Å². The number of aryl methyl sites for hydroxylation is 2. The predicted octanol–water partition coefficient (Wildman–Crippen LogP) is 2.35. The largest absolute Gasteiger partial charge is 0.336 e. The summed E-state index contributed by atoms with van der Waals surface area (Å²) in [4.78, 5) is 31.6. The van der Waals surface area contributed by atoms with Gasteiger partial charge >= 0.3 is 0 Å². The molecule has 0 N–H and O–H groups in total. The van der Waals surface area contributed by atoms with Gasteiger partial charge in [0.05, 0.1) is 12.5 Å². The smallest absolute Gasteiger partial charge is 0.264 e. The molecule has 1 amide bonds. The molecule has 0 fully saturated rings. The van der Waals surface area contributed by atoms with Crippen LogP contribution < -0.4 is 5.56 Å². The third-order valence-electron chi connectivity index (χ3n) is 4.92. The van der Waals surface area contributed by atoms with Crippen molar-refractivity contribution >= 4 is 16.9 Å². The molecule has 3 rings (SSSR count). The summed E-state index contributed by atoms with van der Waals surface area (Å²) in [5.74, 6) is 0.0337. The number of hydrogen-bond acceptors (Lipinski definition) is 4. The van der Waals surface area contributed by atoms with Crippen molar-refractivity contribution in [2.45, 2.75) is 45.8 Å². The van der Waals surface area contributed by atoms with E-state index in [2.05, 4.69) is 23.9 Å². The van der Waals surface area contributed by atoms with Gasteiger partial charge in [0.15, 0.2) is 5.65 Å². The monoisotopic (exact) mass is 367 g/mol. The summed E-state index contributed by atoms with van der Waals surface area (Å²) in [6, 6.07) is 10.1. The van der Waals surface area contributed by atoms with Crippen LogP contribution in [0.4, 0.5) is 0 Å². The molecule has 0 aliphatic carbocycles. The average Bonchev–Trinajstić information content (AvgIpc) is 3.07. The highest BCUT2D eigenvalue weighted by atomic mass is 16.2. The average molecular weight is 367 g/mol. The maximum absolute atomic E-state index is 12.9. The Labute approximate surface area is 158 Å². The molecule has 7 nitrogen and oxygen atoms in total. The molecule has 142 valence electrons. The van der Waals surface area contributed by atoms with E-state index in [1.807, 2.05) is 35.2 Å². The van der Waals surface area contributed by atoms with Crippen LogP contribution in [0.1, 0.15) is 32.3 Å². The second kappa shape index (κ2) is 8.16. The lowest BCUT2D eigenvalue weighted by Crippen LogP contribution is -2.38. The standard InChI is InChI=1S/C20H25N5O2/c1-4-15(2)25(13-16-8-6-5-7-9-16)18(26)10-11-24-14-21-19-17(20(24)27)12-22-23(19)3/h5-9,12,14-15H,4,10-11,13H2,1-3H3. The number of carbonyl (C=O) groups is 1. The lowest BCUT2D eigenvalue weighted by Gasteiger charge is -2.29. The molecule has 0 saturated carbocycles. The Kier molecular flexibility index (Phi) is 5.69. The van der Waals surface area contributed by atoms with Gasteiger partial charge in [-0.2, -0.15) is 5.10 Å². The third-order valence-corrected chi connectivity index (χ3v) is 4.92. The second-order valence-corrected chi connectivity index (χ2v) is 6.76. The molecule has 1 unspecified atom stereocenters. The molecule has 0 aliphatic rings.